The number of carbonyl (C=O) groups is 1. The average molecular weight is 457 g/mol. The fourth-order valence-corrected chi connectivity index (χ4v) is 4.18. The first-order valence-electron chi connectivity index (χ1n) is 9.72. The maximum atomic E-state index is 12.5. The Labute approximate surface area is 188 Å². The zero-order valence-electron chi connectivity index (χ0n) is 17.1. The fraction of sp³-hybridized carbons (Fsp3) is 0.227. The summed E-state index contributed by atoms with van der Waals surface area (Å²) in [6.45, 7) is 2.27. The van der Waals surface area contributed by atoms with Gasteiger partial charge < -0.3 is 14.8 Å². The Kier molecular flexibility index (Phi) is 6.39. The van der Waals surface area contributed by atoms with Crippen molar-refractivity contribution in [2.45, 2.75) is 19.8 Å². The molecule has 0 saturated carbocycles. The van der Waals surface area contributed by atoms with E-state index in [0.717, 1.165) is 21.7 Å². The van der Waals surface area contributed by atoms with Crippen LogP contribution in [0.4, 0.5) is 5.82 Å². The molecule has 0 saturated heterocycles. The SMILES string of the molecule is COc1ccc2nc(-n3nc(C)cc3NC(=O)CCCOc3ccccc3Cl)sc2c1. The van der Waals surface area contributed by atoms with Gasteiger partial charge in [0.1, 0.15) is 17.3 Å². The lowest BCUT2D eigenvalue weighted by molar-refractivity contribution is -0.116. The molecule has 0 bridgehead atoms. The molecule has 2 aromatic carbocycles. The Balaban J connectivity index is 1.40. The number of benzene rings is 2. The number of nitrogens with zero attached hydrogens (tertiary/aromatic N) is 3. The van der Waals surface area contributed by atoms with Gasteiger partial charge >= 0.3 is 0 Å². The third-order valence-electron chi connectivity index (χ3n) is 4.51. The summed E-state index contributed by atoms with van der Waals surface area (Å²) in [4.78, 5) is 17.1. The maximum Gasteiger partial charge on any atom is 0.225 e. The number of fused-ring (bicyclic) bond motifs is 1. The van der Waals surface area contributed by atoms with Gasteiger partial charge in [0.2, 0.25) is 11.0 Å². The van der Waals surface area contributed by atoms with E-state index in [-0.39, 0.29) is 5.91 Å². The first-order chi connectivity index (χ1) is 15.0. The minimum absolute atomic E-state index is 0.119. The zero-order valence-corrected chi connectivity index (χ0v) is 18.7. The second-order valence-electron chi connectivity index (χ2n) is 6.84. The molecule has 9 heteroatoms. The van der Waals surface area contributed by atoms with Crippen LogP contribution in [0.1, 0.15) is 18.5 Å². The van der Waals surface area contributed by atoms with Gasteiger partial charge in [-0.2, -0.15) is 9.78 Å². The highest BCUT2D eigenvalue weighted by Gasteiger charge is 2.15. The maximum absolute atomic E-state index is 12.5. The Morgan fingerprint density at radius 3 is 2.87 bits per heavy atom. The molecule has 1 amide bonds. The van der Waals surface area contributed by atoms with E-state index in [9.17, 15) is 4.79 Å². The first-order valence-corrected chi connectivity index (χ1v) is 10.9. The smallest absolute Gasteiger partial charge is 0.225 e. The number of halogens is 1. The van der Waals surface area contributed by atoms with E-state index in [1.807, 2.05) is 43.3 Å². The molecular formula is C22H21ClN4O3S. The molecule has 0 radical (unpaired) electrons. The number of aryl methyl sites for hydroxylation is 1. The molecule has 160 valence electrons. The summed E-state index contributed by atoms with van der Waals surface area (Å²) in [5, 5.41) is 8.66. The van der Waals surface area contributed by atoms with E-state index in [0.29, 0.717) is 41.2 Å². The largest absolute Gasteiger partial charge is 0.497 e. The summed E-state index contributed by atoms with van der Waals surface area (Å²) in [5.74, 6) is 1.85. The first kappa shape index (κ1) is 21.1. The number of anilines is 1. The monoisotopic (exact) mass is 456 g/mol. The van der Waals surface area contributed by atoms with Crippen molar-refractivity contribution < 1.29 is 14.3 Å². The number of para-hydroxylation sites is 1. The highest BCUT2D eigenvalue weighted by molar-refractivity contribution is 7.20. The number of hydrogen-bond acceptors (Lipinski definition) is 6. The Morgan fingerprint density at radius 1 is 1.23 bits per heavy atom. The molecule has 4 rings (SSSR count). The summed E-state index contributed by atoms with van der Waals surface area (Å²) in [6, 6.07) is 14.8. The van der Waals surface area contributed by atoms with Gasteiger partial charge in [-0.1, -0.05) is 35.1 Å². The lowest BCUT2D eigenvalue weighted by atomic mass is 10.3. The normalized spacial score (nSPS) is 10.9. The van der Waals surface area contributed by atoms with Crippen LogP contribution >= 0.6 is 22.9 Å². The molecular weight excluding hydrogens is 436 g/mol. The summed E-state index contributed by atoms with van der Waals surface area (Å²) < 4.78 is 13.6. The minimum atomic E-state index is -0.119. The number of thiazole rings is 1. The van der Waals surface area contributed by atoms with Crippen molar-refractivity contribution in [2.75, 3.05) is 19.0 Å². The summed E-state index contributed by atoms with van der Waals surface area (Å²) >= 11 is 7.55. The fourth-order valence-electron chi connectivity index (χ4n) is 3.03. The van der Waals surface area contributed by atoms with Crippen molar-refractivity contribution in [3.63, 3.8) is 0 Å². The van der Waals surface area contributed by atoms with Crippen LogP contribution in [0.25, 0.3) is 15.3 Å². The standard InChI is InChI=1S/C22H21ClN4O3S/c1-14-12-20(25-21(28)8-5-11-30-18-7-4-3-6-16(18)23)27(26-14)22-24-17-10-9-15(29-2)13-19(17)31-22/h3-4,6-7,9-10,12-13H,5,8,11H2,1-2H3,(H,25,28). The number of hydrogen-bond donors (Lipinski definition) is 1. The Morgan fingerprint density at radius 2 is 2.06 bits per heavy atom. The Bertz CT molecular complexity index is 1220. The lowest BCUT2D eigenvalue weighted by Crippen LogP contribution is -2.15. The van der Waals surface area contributed by atoms with E-state index >= 15 is 0 Å². The van der Waals surface area contributed by atoms with Crippen molar-refractivity contribution in [1.29, 1.82) is 0 Å². The molecule has 2 heterocycles. The predicted molar refractivity (Wildman–Crippen MR) is 123 cm³/mol. The van der Waals surface area contributed by atoms with Crippen LogP contribution in [0.5, 0.6) is 11.5 Å². The van der Waals surface area contributed by atoms with Gasteiger partial charge in [0.25, 0.3) is 0 Å². The van der Waals surface area contributed by atoms with E-state index in [2.05, 4.69) is 15.4 Å². The van der Waals surface area contributed by atoms with Gasteiger partial charge in [0.15, 0.2) is 0 Å². The van der Waals surface area contributed by atoms with Crippen LogP contribution in [0.15, 0.2) is 48.5 Å². The molecule has 0 fully saturated rings. The van der Waals surface area contributed by atoms with Gasteiger partial charge in [-0.05, 0) is 43.7 Å². The van der Waals surface area contributed by atoms with Crippen molar-refractivity contribution in [3.8, 4) is 16.6 Å². The van der Waals surface area contributed by atoms with Crippen LogP contribution in [0, 0.1) is 6.92 Å². The second-order valence-corrected chi connectivity index (χ2v) is 8.26. The molecule has 1 N–H and O–H groups in total. The summed E-state index contributed by atoms with van der Waals surface area (Å²) in [5.41, 5.74) is 1.64. The van der Waals surface area contributed by atoms with Crippen LogP contribution in [0.3, 0.4) is 0 Å². The van der Waals surface area contributed by atoms with Crippen molar-refractivity contribution in [3.05, 3.63) is 59.2 Å². The highest BCUT2D eigenvalue weighted by atomic mass is 35.5. The highest BCUT2D eigenvalue weighted by Crippen LogP contribution is 2.30. The topological polar surface area (TPSA) is 78.3 Å². The van der Waals surface area contributed by atoms with E-state index in [1.165, 1.54) is 11.3 Å². The number of ether oxygens (including phenoxy) is 2. The molecule has 0 aliphatic heterocycles. The second kappa shape index (κ2) is 9.36. The molecule has 2 aromatic heterocycles. The van der Waals surface area contributed by atoms with Crippen molar-refractivity contribution in [1.82, 2.24) is 14.8 Å². The summed E-state index contributed by atoms with van der Waals surface area (Å²) in [7, 11) is 1.63. The molecule has 0 atom stereocenters. The number of nitrogens with one attached hydrogen (secondary N) is 1. The number of rotatable bonds is 8. The predicted octanol–water partition coefficient (Wildman–Crippen LogP) is 5.25. The van der Waals surface area contributed by atoms with Gasteiger partial charge in [-0.15, -0.1) is 0 Å². The van der Waals surface area contributed by atoms with Crippen LogP contribution in [-0.2, 0) is 4.79 Å². The Hall–Kier alpha value is -3.10. The number of amides is 1. The van der Waals surface area contributed by atoms with Gasteiger partial charge in [0, 0.05) is 12.5 Å². The van der Waals surface area contributed by atoms with Crippen LogP contribution in [-0.4, -0.2) is 34.4 Å². The molecule has 7 nitrogen and oxygen atoms in total. The lowest BCUT2D eigenvalue weighted by Gasteiger charge is -2.08. The third kappa shape index (κ3) is 4.98. The average Bonchev–Trinajstić information content (AvgIpc) is 3.34. The van der Waals surface area contributed by atoms with Gasteiger partial charge in [-0.3, -0.25) is 4.79 Å². The molecule has 0 aliphatic rings. The van der Waals surface area contributed by atoms with Crippen LogP contribution in [0.2, 0.25) is 5.02 Å². The minimum Gasteiger partial charge on any atom is -0.497 e. The molecule has 0 spiro atoms. The molecule has 4 aromatic rings. The van der Waals surface area contributed by atoms with Crippen LogP contribution < -0.4 is 14.8 Å². The molecule has 0 unspecified atom stereocenters. The van der Waals surface area contributed by atoms with E-state index < -0.39 is 0 Å². The van der Waals surface area contributed by atoms with Crippen molar-refractivity contribution in [2.24, 2.45) is 0 Å². The number of carbonyl (C=O) groups excluding carboxylic acids is 1. The zero-order chi connectivity index (χ0) is 21.8. The quantitative estimate of drug-likeness (QED) is 0.366. The van der Waals surface area contributed by atoms with E-state index in [4.69, 9.17) is 21.1 Å². The third-order valence-corrected chi connectivity index (χ3v) is 5.81. The number of aromatic nitrogens is 3. The summed E-state index contributed by atoms with van der Waals surface area (Å²) in [6.07, 6.45) is 0.872. The molecule has 0 aliphatic carbocycles. The van der Waals surface area contributed by atoms with Gasteiger partial charge in [-0.25, -0.2) is 4.98 Å². The number of methoxy groups -OCH3 is 1. The van der Waals surface area contributed by atoms with Gasteiger partial charge in [0.05, 0.1) is 34.6 Å². The van der Waals surface area contributed by atoms with Crippen molar-refractivity contribution >= 4 is 44.9 Å². The van der Waals surface area contributed by atoms with E-state index in [1.54, 1.807) is 23.9 Å². The molecule has 31 heavy (non-hydrogen) atoms.